The SMILES string of the molecule is CCNCc1ccc(SCCC2CCCO2)cc1. The molecule has 100 valence electrons. The Labute approximate surface area is 114 Å². The summed E-state index contributed by atoms with van der Waals surface area (Å²) in [6, 6.07) is 8.90. The minimum absolute atomic E-state index is 0.519. The fourth-order valence-corrected chi connectivity index (χ4v) is 3.10. The zero-order valence-corrected chi connectivity index (χ0v) is 12.0. The van der Waals surface area contributed by atoms with Gasteiger partial charge in [0.1, 0.15) is 0 Å². The molecule has 2 rings (SSSR count). The van der Waals surface area contributed by atoms with Crippen LogP contribution in [0.4, 0.5) is 0 Å². The quantitative estimate of drug-likeness (QED) is 0.763. The van der Waals surface area contributed by atoms with Crippen molar-refractivity contribution >= 4 is 11.8 Å². The van der Waals surface area contributed by atoms with E-state index in [0.29, 0.717) is 6.10 Å². The highest BCUT2D eigenvalue weighted by Crippen LogP contribution is 2.23. The molecule has 1 N–H and O–H groups in total. The molecule has 1 saturated heterocycles. The maximum absolute atomic E-state index is 5.63. The van der Waals surface area contributed by atoms with E-state index in [1.54, 1.807) is 0 Å². The van der Waals surface area contributed by atoms with Gasteiger partial charge in [0.05, 0.1) is 6.10 Å². The first-order valence-corrected chi connectivity index (χ1v) is 7.91. The van der Waals surface area contributed by atoms with Gasteiger partial charge in [-0.25, -0.2) is 0 Å². The van der Waals surface area contributed by atoms with Gasteiger partial charge in [-0.05, 0) is 43.5 Å². The minimum atomic E-state index is 0.519. The lowest BCUT2D eigenvalue weighted by atomic mass is 10.2. The fraction of sp³-hybridized carbons (Fsp3) is 0.600. The molecule has 0 radical (unpaired) electrons. The van der Waals surface area contributed by atoms with Gasteiger partial charge in [0.15, 0.2) is 0 Å². The van der Waals surface area contributed by atoms with E-state index in [9.17, 15) is 0 Å². The maximum Gasteiger partial charge on any atom is 0.0584 e. The molecule has 1 aromatic rings. The molecule has 1 unspecified atom stereocenters. The molecule has 1 fully saturated rings. The number of benzene rings is 1. The second kappa shape index (κ2) is 7.82. The first-order valence-electron chi connectivity index (χ1n) is 6.92. The summed E-state index contributed by atoms with van der Waals surface area (Å²) < 4.78 is 5.63. The summed E-state index contributed by atoms with van der Waals surface area (Å²) in [5.41, 5.74) is 1.36. The van der Waals surface area contributed by atoms with Crippen LogP contribution in [0, 0.1) is 0 Å². The van der Waals surface area contributed by atoms with Gasteiger partial charge < -0.3 is 10.1 Å². The van der Waals surface area contributed by atoms with Crippen molar-refractivity contribution in [2.45, 2.75) is 43.7 Å². The highest BCUT2D eigenvalue weighted by Gasteiger charge is 2.14. The van der Waals surface area contributed by atoms with Crippen LogP contribution in [0.15, 0.2) is 29.2 Å². The Morgan fingerprint density at radius 1 is 1.33 bits per heavy atom. The number of rotatable bonds is 7. The summed E-state index contributed by atoms with van der Waals surface area (Å²) in [6.07, 6.45) is 4.20. The van der Waals surface area contributed by atoms with E-state index in [4.69, 9.17) is 4.74 Å². The van der Waals surface area contributed by atoms with Crippen molar-refractivity contribution in [2.75, 3.05) is 18.9 Å². The Morgan fingerprint density at radius 3 is 2.83 bits per heavy atom. The molecular formula is C15H23NOS. The van der Waals surface area contributed by atoms with E-state index in [-0.39, 0.29) is 0 Å². The summed E-state index contributed by atoms with van der Waals surface area (Å²) in [5.74, 6) is 1.16. The number of hydrogen-bond acceptors (Lipinski definition) is 3. The van der Waals surface area contributed by atoms with Gasteiger partial charge >= 0.3 is 0 Å². The number of hydrogen-bond donors (Lipinski definition) is 1. The van der Waals surface area contributed by atoms with E-state index in [1.165, 1.54) is 29.7 Å². The topological polar surface area (TPSA) is 21.3 Å². The highest BCUT2D eigenvalue weighted by atomic mass is 32.2. The van der Waals surface area contributed by atoms with Crippen LogP contribution in [0.1, 0.15) is 31.7 Å². The Balaban J connectivity index is 1.68. The van der Waals surface area contributed by atoms with E-state index < -0.39 is 0 Å². The normalized spacial score (nSPS) is 19.3. The highest BCUT2D eigenvalue weighted by molar-refractivity contribution is 7.99. The van der Waals surface area contributed by atoms with E-state index >= 15 is 0 Å². The predicted octanol–water partition coefficient (Wildman–Crippen LogP) is 3.46. The average molecular weight is 265 g/mol. The second-order valence-corrected chi connectivity index (χ2v) is 5.86. The van der Waals surface area contributed by atoms with Crippen molar-refractivity contribution in [3.8, 4) is 0 Å². The molecule has 0 amide bonds. The largest absolute Gasteiger partial charge is 0.378 e. The summed E-state index contributed by atoms with van der Waals surface area (Å²) in [7, 11) is 0. The van der Waals surface area contributed by atoms with Crippen molar-refractivity contribution in [1.82, 2.24) is 5.32 Å². The molecule has 3 heteroatoms. The maximum atomic E-state index is 5.63. The lowest BCUT2D eigenvalue weighted by molar-refractivity contribution is 0.109. The van der Waals surface area contributed by atoms with Gasteiger partial charge in [0.2, 0.25) is 0 Å². The number of ether oxygens (including phenoxy) is 1. The third kappa shape index (κ3) is 4.63. The van der Waals surface area contributed by atoms with Crippen LogP contribution in [-0.4, -0.2) is 25.0 Å². The molecule has 0 bridgehead atoms. The van der Waals surface area contributed by atoms with Crippen molar-refractivity contribution in [3.63, 3.8) is 0 Å². The molecule has 0 aromatic heterocycles. The van der Waals surface area contributed by atoms with Gasteiger partial charge in [-0.3, -0.25) is 0 Å². The molecule has 0 aliphatic carbocycles. The Morgan fingerprint density at radius 2 is 2.17 bits per heavy atom. The molecular weight excluding hydrogens is 242 g/mol. The van der Waals surface area contributed by atoms with Gasteiger partial charge in [0, 0.05) is 23.8 Å². The number of nitrogens with one attached hydrogen (secondary N) is 1. The zero-order chi connectivity index (χ0) is 12.6. The van der Waals surface area contributed by atoms with Gasteiger partial charge in [-0.2, -0.15) is 0 Å². The average Bonchev–Trinajstić information content (AvgIpc) is 2.91. The van der Waals surface area contributed by atoms with Crippen LogP contribution >= 0.6 is 11.8 Å². The van der Waals surface area contributed by atoms with Crippen LogP contribution in [0.5, 0.6) is 0 Å². The van der Waals surface area contributed by atoms with Crippen LogP contribution < -0.4 is 5.32 Å². The second-order valence-electron chi connectivity index (χ2n) is 4.70. The van der Waals surface area contributed by atoms with E-state index in [0.717, 1.165) is 25.4 Å². The molecule has 0 saturated carbocycles. The zero-order valence-electron chi connectivity index (χ0n) is 11.2. The van der Waals surface area contributed by atoms with Crippen LogP contribution in [0.25, 0.3) is 0 Å². The molecule has 1 atom stereocenters. The van der Waals surface area contributed by atoms with Crippen LogP contribution in [-0.2, 0) is 11.3 Å². The van der Waals surface area contributed by atoms with E-state index in [2.05, 4.69) is 36.5 Å². The first-order chi connectivity index (χ1) is 8.88. The van der Waals surface area contributed by atoms with Crippen molar-refractivity contribution in [1.29, 1.82) is 0 Å². The van der Waals surface area contributed by atoms with Gasteiger partial charge in [-0.1, -0.05) is 19.1 Å². The summed E-state index contributed by atoms with van der Waals surface area (Å²) in [4.78, 5) is 1.37. The summed E-state index contributed by atoms with van der Waals surface area (Å²) in [6.45, 7) is 5.10. The van der Waals surface area contributed by atoms with Crippen LogP contribution in [0.2, 0.25) is 0 Å². The predicted molar refractivity (Wildman–Crippen MR) is 78.1 cm³/mol. The molecule has 1 aliphatic heterocycles. The molecule has 1 heterocycles. The van der Waals surface area contributed by atoms with Crippen LogP contribution in [0.3, 0.4) is 0 Å². The molecule has 2 nitrogen and oxygen atoms in total. The minimum Gasteiger partial charge on any atom is -0.378 e. The van der Waals surface area contributed by atoms with Gasteiger partial charge in [-0.15, -0.1) is 11.8 Å². The van der Waals surface area contributed by atoms with Crippen molar-refractivity contribution in [2.24, 2.45) is 0 Å². The Hall–Kier alpha value is -0.510. The molecule has 18 heavy (non-hydrogen) atoms. The smallest absolute Gasteiger partial charge is 0.0584 e. The molecule has 1 aliphatic rings. The first kappa shape index (κ1) is 13.9. The standard InChI is InChI=1S/C15H23NOS/c1-2-16-12-13-5-7-15(8-6-13)18-11-9-14-4-3-10-17-14/h5-8,14,16H,2-4,9-12H2,1H3. The summed E-state index contributed by atoms with van der Waals surface area (Å²) in [5, 5.41) is 3.34. The molecule has 1 aromatic carbocycles. The molecule has 0 spiro atoms. The number of thioether (sulfide) groups is 1. The lowest BCUT2D eigenvalue weighted by Crippen LogP contribution is -2.11. The summed E-state index contributed by atoms with van der Waals surface area (Å²) >= 11 is 1.94. The van der Waals surface area contributed by atoms with Crippen molar-refractivity contribution in [3.05, 3.63) is 29.8 Å². The fourth-order valence-electron chi connectivity index (χ4n) is 2.15. The third-order valence-corrected chi connectivity index (χ3v) is 4.28. The lowest BCUT2D eigenvalue weighted by Gasteiger charge is -2.09. The van der Waals surface area contributed by atoms with E-state index in [1.807, 2.05) is 11.8 Å². The monoisotopic (exact) mass is 265 g/mol. The van der Waals surface area contributed by atoms with Crippen molar-refractivity contribution < 1.29 is 4.74 Å². The van der Waals surface area contributed by atoms with Gasteiger partial charge in [0.25, 0.3) is 0 Å². The third-order valence-electron chi connectivity index (χ3n) is 3.24. The Kier molecular flexibility index (Phi) is 6.05. The Bertz CT molecular complexity index is 333.